The SMILES string of the molecule is CC(C)CCCOC1CC[C@H]2[C@@H]3CC=C4CC(O[Si](C)(C)C(C)(C)C)CC[C@]4(C)[C@@H]3CC[C@]12C. The van der Waals surface area contributed by atoms with E-state index in [4.69, 9.17) is 9.16 Å². The normalized spacial score (nSPS) is 40.5. The van der Waals surface area contributed by atoms with Crippen molar-refractivity contribution in [1.29, 1.82) is 0 Å². The van der Waals surface area contributed by atoms with Gasteiger partial charge >= 0.3 is 0 Å². The summed E-state index contributed by atoms with van der Waals surface area (Å²) in [6, 6.07) is 0. The lowest BCUT2D eigenvalue weighted by Crippen LogP contribution is -2.52. The Hall–Kier alpha value is -0.123. The van der Waals surface area contributed by atoms with Crippen LogP contribution in [0.2, 0.25) is 18.1 Å². The first-order valence-corrected chi connectivity index (χ1v) is 17.7. The zero-order valence-corrected chi connectivity index (χ0v) is 25.1. The van der Waals surface area contributed by atoms with E-state index in [0.29, 0.717) is 28.1 Å². The average molecular weight is 489 g/mol. The van der Waals surface area contributed by atoms with Crippen molar-refractivity contribution >= 4 is 8.32 Å². The summed E-state index contributed by atoms with van der Waals surface area (Å²) in [6.07, 6.45) is 16.7. The maximum Gasteiger partial charge on any atom is 0.192 e. The lowest BCUT2D eigenvalue weighted by Gasteiger charge is -2.58. The minimum Gasteiger partial charge on any atom is -0.414 e. The van der Waals surface area contributed by atoms with Gasteiger partial charge in [-0.15, -0.1) is 0 Å². The molecular weight excluding hydrogens is 432 g/mol. The van der Waals surface area contributed by atoms with Crippen LogP contribution in [0.4, 0.5) is 0 Å². The summed E-state index contributed by atoms with van der Waals surface area (Å²) >= 11 is 0. The Morgan fingerprint density at radius 3 is 2.44 bits per heavy atom. The molecule has 3 heteroatoms. The predicted octanol–water partition coefficient (Wildman–Crippen LogP) is 9.16. The summed E-state index contributed by atoms with van der Waals surface area (Å²) < 4.78 is 13.5. The highest BCUT2D eigenvalue weighted by molar-refractivity contribution is 6.74. The Labute approximate surface area is 213 Å². The van der Waals surface area contributed by atoms with E-state index < -0.39 is 8.32 Å². The van der Waals surface area contributed by atoms with Gasteiger partial charge in [0.15, 0.2) is 8.32 Å². The molecule has 0 aliphatic heterocycles. The molecule has 0 amide bonds. The summed E-state index contributed by atoms with van der Waals surface area (Å²) in [5, 5.41) is 0.295. The van der Waals surface area contributed by atoms with Gasteiger partial charge in [0.1, 0.15) is 0 Å². The van der Waals surface area contributed by atoms with Gasteiger partial charge in [0, 0.05) is 12.7 Å². The second-order valence-corrected chi connectivity index (χ2v) is 19.8. The van der Waals surface area contributed by atoms with Gasteiger partial charge in [-0.2, -0.15) is 0 Å². The van der Waals surface area contributed by atoms with E-state index in [0.717, 1.165) is 30.3 Å². The lowest BCUT2D eigenvalue weighted by atomic mass is 9.48. The standard InChI is InChI=1S/C31H56O2Si/c1-22(2)11-10-20-32-28-15-14-26-25-13-12-23-21-24(33-34(8,9)29(3,4)5)16-18-30(23,6)27(25)17-19-31(26,28)7/h12,22,24-28H,10-11,13-21H2,1-9H3/t24?,25-,26-,27+,28?,30-,31-/m0/s1. The van der Waals surface area contributed by atoms with E-state index in [2.05, 4.69) is 67.6 Å². The number of fused-ring (bicyclic) bond motifs is 5. The summed E-state index contributed by atoms with van der Waals surface area (Å²) in [6.45, 7) is 22.8. The van der Waals surface area contributed by atoms with Crippen molar-refractivity contribution in [1.82, 2.24) is 0 Å². The molecule has 7 atom stereocenters. The molecule has 0 saturated heterocycles. The van der Waals surface area contributed by atoms with Crippen LogP contribution in [0, 0.1) is 34.5 Å². The fraction of sp³-hybridized carbons (Fsp3) is 0.935. The first-order chi connectivity index (χ1) is 15.8. The molecule has 0 heterocycles. The van der Waals surface area contributed by atoms with E-state index >= 15 is 0 Å². The quantitative estimate of drug-likeness (QED) is 0.202. The molecule has 4 aliphatic rings. The van der Waals surface area contributed by atoms with Crippen LogP contribution >= 0.6 is 0 Å². The van der Waals surface area contributed by atoms with Gasteiger partial charge in [0.2, 0.25) is 0 Å². The third-order valence-electron chi connectivity index (χ3n) is 11.5. The molecule has 4 aliphatic carbocycles. The molecule has 196 valence electrons. The van der Waals surface area contributed by atoms with E-state index in [1.807, 2.05) is 0 Å². The molecule has 0 spiro atoms. The van der Waals surface area contributed by atoms with Crippen LogP contribution in [0.5, 0.6) is 0 Å². The molecule has 0 aromatic carbocycles. The van der Waals surface area contributed by atoms with Gasteiger partial charge < -0.3 is 9.16 Å². The second kappa shape index (κ2) is 9.64. The number of ether oxygens (including phenoxy) is 1. The number of hydrogen-bond acceptors (Lipinski definition) is 2. The summed E-state index contributed by atoms with van der Waals surface area (Å²) in [5.41, 5.74) is 2.57. The highest BCUT2D eigenvalue weighted by Crippen LogP contribution is 2.65. The number of hydrogen-bond donors (Lipinski definition) is 0. The van der Waals surface area contributed by atoms with Crippen LogP contribution in [0.3, 0.4) is 0 Å². The third-order valence-corrected chi connectivity index (χ3v) is 16.0. The van der Waals surface area contributed by atoms with Crippen LogP contribution in [0.1, 0.15) is 113 Å². The summed E-state index contributed by atoms with van der Waals surface area (Å²) in [5.74, 6) is 3.39. The van der Waals surface area contributed by atoms with Gasteiger partial charge in [-0.3, -0.25) is 0 Å². The average Bonchev–Trinajstić information content (AvgIpc) is 3.06. The Morgan fingerprint density at radius 1 is 1.03 bits per heavy atom. The fourth-order valence-electron chi connectivity index (χ4n) is 8.26. The minimum absolute atomic E-state index is 0.295. The summed E-state index contributed by atoms with van der Waals surface area (Å²) in [7, 11) is -1.70. The van der Waals surface area contributed by atoms with E-state index in [1.54, 1.807) is 5.57 Å². The number of rotatable bonds is 7. The van der Waals surface area contributed by atoms with Crippen LogP contribution in [0.25, 0.3) is 0 Å². The van der Waals surface area contributed by atoms with Crippen molar-refractivity contribution in [2.75, 3.05) is 6.61 Å². The monoisotopic (exact) mass is 488 g/mol. The molecule has 34 heavy (non-hydrogen) atoms. The van der Waals surface area contributed by atoms with Crippen molar-refractivity contribution in [3.63, 3.8) is 0 Å². The van der Waals surface area contributed by atoms with Crippen molar-refractivity contribution in [3.8, 4) is 0 Å². The van der Waals surface area contributed by atoms with E-state index in [-0.39, 0.29) is 0 Å². The first kappa shape index (κ1) is 26.9. The van der Waals surface area contributed by atoms with Gasteiger partial charge in [-0.05, 0) is 117 Å². The highest BCUT2D eigenvalue weighted by Gasteiger charge is 2.59. The van der Waals surface area contributed by atoms with Gasteiger partial charge in [0.05, 0.1) is 6.10 Å². The summed E-state index contributed by atoms with van der Waals surface area (Å²) in [4.78, 5) is 0. The highest BCUT2D eigenvalue weighted by atomic mass is 28.4. The predicted molar refractivity (Wildman–Crippen MR) is 148 cm³/mol. The largest absolute Gasteiger partial charge is 0.414 e. The minimum atomic E-state index is -1.70. The molecule has 3 saturated carbocycles. The van der Waals surface area contributed by atoms with E-state index in [9.17, 15) is 0 Å². The van der Waals surface area contributed by atoms with Crippen molar-refractivity contribution in [2.45, 2.75) is 143 Å². The topological polar surface area (TPSA) is 18.5 Å². The van der Waals surface area contributed by atoms with Gasteiger partial charge in [0.25, 0.3) is 0 Å². The van der Waals surface area contributed by atoms with Crippen molar-refractivity contribution in [2.24, 2.45) is 34.5 Å². The molecule has 2 unspecified atom stereocenters. The fourth-order valence-corrected chi connectivity index (χ4v) is 9.65. The van der Waals surface area contributed by atoms with Crippen molar-refractivity contribution in [3.05, 3.63) is 11.6 Å². The zero-order valence-electron chi connectivity index (χ0n) is 24.1. The molecule has 0 aromatic rings. The maximum atomic E-state index is 6.92. The smallest absolute Gasteiger partial charge is 0.192 e. The van der Waals surface area contributed by atoms with Gasteiger partial charge in [-0.1, -0.05) is 60.1 Å². The van der Waals surface area contributed by atoms with Crippen molar-refractivity contribution < 1.29 is 9.16 Å². The molecule has 0 bridgehead atoms. The third kappa shape index (κ3) is 4.88. The molecule has 0 radical (unpaired) electrons. The maximum absolute atomic E-state index is 6.92. The second-order valence-electron chi connectivity index (χ2n) is 15.0. The number of allylic oxidation sites excluding steroid dienone is 1. The van der Waals surface area contributed by atoms with Crippen LogP contribution in [-0.4, -0.2) is 27.1 Å². The van der Waals surface area contributed by atoms with Gasteiger partial charge in [-0.25, -0.2) is 0 Å². The Bertz CT molecular complexity index is 749. The zero-order chi connectivity index (χ0) is 24.9. The van der Waals surface area contributed by atoms with Crippen LogP contribution < -0.4 is 0 Å². The molecular formula is C31H56O2Si. The van der Waals surface area contributed by atoms with Crippen LogP contribution in [-0.2, 0) is 9.16 Å². The molecule has 2 nitrogen and oxygen atoms in total. The Morgan fingerprint density at radius 2 is 1.76 bits per heavy atom. The molecule has 4 rings (SSSR count). The Balaban J connectivity index is 1.43. The molecule has 3 fully saturated rings. The van der Waals surface area contributed by atoms with E-state index in [1.165, 1.54) is 64.2 Å². The molecule has 0 N–H and O–H groups in total. The van der Waals surface area contributed by atoms with Crippen LogP contribution in [0.15, 0.2) is 11.6 Å². The molecule has 0 aromatic heterocycles. The Kier molecular flexibility index (Phi) is 7.63. The first-order valence-electron chi connectivity index (χ1n) is 14.8. The lowest BCUT2D eigenvalue weighted by molar-refractivity contribution is -0.0934.